The Balaban J connectivity index is 1.58. The van der Waals surface area contributed by atoms with Gasteiger partial charge in [-0.05, 0) is 53.6 Å². The normalized spacial score (nSPS) is 16.7. The van der Waals surface area contributed by atoms with Crippen LogP contribution < -0.4 is 10.1 Å². The lowest BCUT2D eigenvalue weighted by Crippen LogP contribution is -2.07. The van der Waals surface area contributed by atoms with Crippen LogP contribution >= 0.6 is 0 Å². The Morgan fingerprint density at radius 3 is 2.77 bits per heavy atom. The first-order chi connectivity index (χ1) is 12.6. The van der Waals surface area contributed by atoms with E-state index >= 15 is 0 Å². The van der Waals surface area contributed by atoms with Crippen molar-refractivity contribution in [3.8, 4) is 5.75 Å². The highest BCUT2D eigenvalue weighted by molar-refractivity contribution is 6.13. The number of aliphatic imine (C=N–C) groups is 1. The van der Waals surface area contributed by atoms with Gasteiger partial charge in [0.1, 0.15) is 5.75 Å². The van der Waals surface area contributed by atoms with Crippen molar-refractivity contribution in [2.45, 2.75) is 13.3 Å². The fourth-order valence-corrected chi connectivity index (χ4v) is 2.89. The van der Waals surface area contributed by atoms with Gasteiger partial charge in [-0.25, -0.2) is 9.79 Å². The zero-order valence-corrected chi connectivity index (χ0v) is 14.1. The molecule has 2 heterocycles. The van der Waals surface area contributed by atoms with Crippen LogP contribution in [-0.4, -0.2) is 24.4 Å². The quantitative estimate of drug-likeness (QED) is 0.683. The molecule has 0 spiro atoms. The van der Waals surface area contributed by atoms with E-state index in [2.05, 4.69) is 10.3 Å². The van der Waals surface area contributed by atoms with Crippen molar-refractivity contribution in [3.05, 3.63) is 64.9 Å². The van der Waals surface area contributed by atoms with Crippen LogP contribution in [0.3, 0.4) is 0 Å². The van der Waals surface area contributed by atoms with Crippen LogP contribution in [0.4, 0.5) is 5.69 Å². The van der Waals surface area contributed by atoms with E-state index in [-0.39, 0.29) is 17.5 Å². The molecule has 0 saturated heterocycles. The number of amides is 1. The zero-order chi connectivity index (χ0) is 18.1. The topological polar surface area (TPSA) is 77.0 Å². The molecule has 2 aliphatic heterocycles. The van der Waals surface area contributed by atoms with Gasteiger partial charge in [0, 0.05) is 24.6 Å². The maximum atomic E-state index is 12.1. The summed E-state index contributed by atoms with van der Waals surface area (Å²) >= 11 is 0. The van der Waals surface area contributed by atoms with Gasteiger partial charge in [0.25, 0.3) is 0 Å². The van der Waals surface area contributed by atoms with E-state index in [0.29, 0.717) is 17.9 Å². The summed E-state index contributed by atoms with van der Waals surface area (Å²) in [6.45, 7) is 2.13. The molecule has 1 amide bonds. The van der Waals surface area contributed by atoms with E-state index in [4.69, 9.17) is 9.47 Å². The summed E-state index contributed by atoms with van der Waals surface area (Å²) in [7, 11) is 0. The smallest absolute Gasteiger partial charge is 0.363 e. The van der Waals surface area contributed by atoms with E-state index in [0.717, 1.165) is 23.3 Å². The molecule has 0 aliphatic carbocycles. The third-order valence-electron chi connectivity index (χ3n) is 4.09. The van der Waals surface area contributed by atoms with Gasteiger partial charge in [0.15, 0.2) is 5.70 Å². The minimum absolute atomic E-state index is 0.146. The molecular formula is C20H16N2O4. The Labute approximate surface area is 150 Å². The van der Waals surface area contributed by atoms with E-state index in [1.54, 1.807) is 30.3 Å². The van der Waals surface area contributed by atoms with E-state index < -0.39 is 5.97 Å². The number of benzene rings is 2. The summed E-state index contributed by atoms with van der Waals surface area (Å²) in [5, 5.41) is 2.69. The maximum absolute atomic E-state index is 12.1. The number of hydrogen-bond acceptors (Lipinski definition) is 5. The number of anilines is 1. The van der Waals surface area contributed by atoms with Crippen molar-refractivity contribution in [1.82, 2.24) is 0 Å². The number of nitrogens with one attached hydrogen (secondary N) is 1. The maximum Gasteiger partial charge on any atom is 0.363 e. The molecule has 2 aromatic carbocycles. The van der Waals surface area contributed by atoms with Crippen molar-refractivity contribution in [1.29, 1.82) is 0 Å². The molecule has 0 aromatic heterocycles. The second-order valence-corrected chi connectivity index (χ2v) is 6.06. The van der Waals surface area contributed by atoms with Gasteiger partial charge in [-0.1, -0.05) is 6.07 Å². The Bertz CT molecular complexity index is 958. The van der Waals surface area contributed by atoms with Crippen LogP contribution in [0.1, 0.15) is 23.6 Å². The fraction of sp³-hybridized carbons (Fsp3) is 0.150. The molecule has 0 fully saturated rings. The van der Waals surface area contributed by atoms with Crippen LogP contribution in [0, 0.1) is 0 Å². The minimum Gasteiger partial charge on any atom is -0.493 e. The first-order valence-electron chi connectivity index (χ1n) is 8.25. The average Bonchev–Trinajstić information content (AvgIpc) is 3.22. The summed E-state index contributed by atoms with van der Waals surface area (Å²) < 4.78 is 10.8. The van der Waals surface area contributed by atoms with E-state index in [1.807, 2.05) is 18.2 Å². The Hall–Kier alpha value is -3.41. The van der Waals surface area contributed by atoms with Crippen molar-refractivity contribution >= 4 is 29.5 Å². The third kappa shape index (κ3) is 3.21. The van der Waals surface area contributed by atoms with Gasteiger partial charge in [-0.15, -0.1) is 0 Å². The third-order valence-corrected chi connectivity index (χ3v) is 4.09. The monoisotopic (exact) mass is 348 g/mol. The highest BCUT2D eigenvalue weighted by Crippen LogP contribution is 2.27. The summed E-state index contributed by atoms with van der Waals surface area (Å²) in [6.07, 6.45) is 2.57. The second kappa shape index (κ2) is 6.48. The van der Waals surface area contributed by atoms with Crippen LogP contribution in [0.2, 0.25) is 0 Å². The van der Waals surface area contributed by atoms with Crippen LogP contribution in [0.15, 0.2) is 53.2 Å². The summed E-state index contributed by atoms with van der Waals surface area (Å²) in [5.74, 6) is 0.514. The molecular weight excluding hydrogens is 332 g/mol. The number of cyclic esters (lactones) is 1. The van der Waals surface area contributed by atoms with Crippen molar-refractivity contribution in [2.24, 2.45) is 4.99 Å². The molecule has 4 rings (SSSR count). The fourth-order valence-electron chi connectivity index (χ4n) is 2.89. The molecule has 6 heteroatoms. The standard InChI is InChI=1S/C20H16N2O4/c1-12(23)21-16-5-3-14(4-6-16)19-22-17(20(24)26-19)11-13-2-7-18-15(10-13)8-9-25-18/h2-7,10-11H,8-9H2,1H3,(H,21,23)/b17-11-. The molecule has 0 unspecified atom stereocenters. The first kappa shape index (κ1) is 16.1. The Morgan fingerprint density at radius 1 is 1.19 bits per heavy atom. The first-order valence-corrected chi connectivity index (χ1v) is 8.25. The molecule has 26 heavy (non-hydrogen) atoms. The summed E-state index contributed by atoms with van der Waals surface area (Å²) in [5.41, 5.74) is 3.60. The van der Waals surface area contributed by atoms with Crippen molar-refractivity contribution in [2.75, 3.05) is 11.9 Å². The van der Waals surface area contributed by atoms with Gasteiger partial charge < -0.3 is 14.8 Å². The number of nitrogens with zero attached hydrogens (tertiary/aromatic N) is 1. The second-order valence-electron chi connectivity index (χ2n) is 6.06. The molecule has 0 radical (unpaired) electrons. The summed E-state index contributed by atoms with van der Waals surface area (Å²) in [6, 6.07) is 12.7. The summed E-state index contributed by atoms with van der Waals surface area (Å²) in [4.78, 5) is 27.5. The Morgan fingerprint density at radius 2 is 2.00 bits per heavy atom. The average molecular weight is 348 g/mol. The predicted octanol–water partition coefficient (Wildman–Crippen LogP) is 2.92. The van der Waals surface area contributed by atoms with Crippen LogP contribution in [0.5, 0.6) is 5.75 Å². The number of fused-ring (bicyclic) bond motifs is 1. The number of ether oxygens (including phenoxy) is 2. The SMILES string of the molecule is CC(=O)Nc1ccc(C2=N/C(=C\c3ccc4c(c3)CCO4)C(=O)O2)cc1. The predicted molar refractivity (Wildman–Crippen MR) is 97.0 cm³/mol. The lowest BCUT2D eigenvalue weighted by atomic mass is 10.1. The molecule has 130 valence electrons. The van der Waals surface area contributed by atoms with Crippen LogP contribution in [-0.2, 0) is 20.7 Å². The van der Waals surface area contributed by atoms with Crippen molar-refractivity contribution < 1.29 is 19.1 Å². The van der Waals surface area contributed by atoms with Gasteiger partial charge >= 0.3 is 5.97 Å². The number of rotatable bonds is 3. The molecule has 6 nitrogen and oxygen atoms in total. The highest BCUT2D eigenvalue weighted by atomic mass is 16.6. The number of carbonyl (C=O) groups excluding carboxylic acids is 2. The van der Waals surface area contributed by atoms with Gasteiger partial charge in [-0.2, -0.15) is 0 Å². The minimum atomic E-state index is -0.484. The molecule has 2 aliphatic rings. The zero-order valence-electron chi connectivity index (χ0n) is 14.1. The van der Waals surface area contributed by atoms with E-state index in [1.165, 1.54) is 6.92 Å². The molecule has 2 aromatic rings. The molecule has 0 saturated carbocycles. The van der Waals surface area contributed by atoms with Gasteiger partial charge in [0.05, 0.1) is 6.61 Å². The Kier molecular flexibility index (Phi) is 4.01. The lowest BCUT2D eigenvalue weighted by molar-refractivity contribution is -0.129. The molecule has 1 N–H and O–H groups in total. The van der Waals surface area contributed by atoms with Gasteiger partial charge in [-0.3, -0.25) is 4.79 Å². The molecule has 0 bridgehead atoms. The number of hydrogen-bond donors (Lipinski definition) is 1. The largest absolute Gasteiger partial charge is 0.493 e. The molecule has 0 atom stereocenters. The van der Waals surface area contributed by atoms with Crippen molar-refractivity contribution in [3.63, 3.8) is 0 Å². The highest BCUT2D eigenvalue weighted by Gasteiger charge is 2.24. The van der Waals surface area contributed by atoms with Crippen LogP contribution in [0.25, 0.3) is 6.08 Å². The number of carbonyl (C=O) groups is 2. The van der Waals surface area contributed by atoms with Gasteiger partial charge in [0.2, 0.25) is 11.8 Å². The lowest BCUT2D eigenvalue weighted by Gasteiger charge is -2.03. The van der Waals surface area contributed by atoms with E-state index in [9.17, 15) is 9.59 Å². The number of esters is 1.